The standard InChI is InChI=1S/C38H25N3O/c1-24-15-21-31-34(23-24)41(38(39-31)25-9-3-2-4-10-25)27-18-16-26(17-19-27)40-32-13-7-5-12-30(32)36-33(40)22-20-29-28-11-6-8-14-35(28)42-37(29)36/h2-23H,1H3. The van der Waals surface area contributed by atoms with Crippen molar-refractivity contribution in [3.63, 3.8) is 0 Å². The number of aromatic nitrogens is 3. The summed E-state index contributed by atoms with van der Waals surface area (Å²) in [4.78, 5) is 5.05. The van der Waals surface area contributed by atoms with Gasteiger partial charge >= 0.3 is 0 Å². The number of rotatable bonds is 3. The molecule has 0 bridgehead atoms. The maximum absolute atomic E-state index is 6.47. The normalized spacial score (nSPS) is 11.9. The van der Waals surface area contributed by atoms with E-state index in [2.05, 4.69) is 131 Å². The summed E-state index contributed by atoms with van der Waals surface area (Å²) in [6.07, 6.45) is 0. The van der Waals surface area contributed by atoms with Crippen molar-refractivity contribution in [1.82, 2.24) is 14.1 Å². The second-order valence-corrected chi connectivity index (χ2v) is 10.9. The van der Waals surface area contributed by atoms with Crippen LogP contribution in [0.15, 0.2) is 138 Å². The van der Waals surface area contributed by atoms with Gasteiger partial charge in [-0.2, -0.15) is 0 Å². The predicted octanol–water partition coefficient (Wildman–Crippen LogP) is 10.00. The first-order valence-electron chi connectivity index (χ1n) is 14.2. The van der Waals surface area contributed by atoms with Crippen LogP contribution in [0.5, 0.6) is 0 Å². The van der Waals surface area contributed by atoms with Crippen LogP contribution >= 0.6 is 0 Å². The lowest BCUT2D eigenvalue weighted by Gasteiger charge is -2.13. The second kappa shape index (κ2) is 8.69. The van der Waals surface area contributed by atoms with Crippen molar-refractivity contribution in [1.29, 1.82) is 0 Å². The summed E-state index contributed by atoms with van der Waals surface area (Å²) < 4.78 is 11.1. The van der Waals surface area contributed by atoms with Gasteiger partial charge in [-0.25, -0.2) is 4.98 Å². The van der Waals surface area contributed by atoms with E-state index >= 15 is 0 Å². The first-order valence-corrected chi connectivity index (χ1v) is 14.2. The Labute approximate surface area is 241 Å². The Morgan fingerprint density at radius 2 is 1.26 bits per heavy atom. The monoisotopic (exact) mass is 539 g/mol. The molecule has 0 atom stereocenters. The van der Waals surface area contributed by atoms with Gasteiger partial charge in [-0.05, 0) is 73.2 Å². The Kier molecular flexibility index (Phi) is 4.79. The number of fused-ring (bicyclic) bond motifs is 8. The van der Waals surface area contributed by atoms with Crippen LogP contribution in [0.2, 0.25) is 0 Å². The van der Waals surface area contributed by atoms with Crippen molar-refractivity contribution in [3.05, 3.63) is 139 Å². The summed E-state index contributed by atoms with van der Waals surface area (Å²) in [5, 5.41) is 4.62. The zero-order valence-electron chi connectivity index (χ0n) is 23.0. The number of furan rings is 1. The molecule has 0 aliphatic carbocycles. The van der Waals surface area contributed by atoms with Crippen LogP contribution in [0.3, 0.4) is 0 Å². The molecule has 4 heteroatoms. The van der Waals surface area contributed by atoms with Crippen LogP contribution in [0.4, 0.5) is 0 Å². The smallest absolute Gasteiger partial charge is 0.145 e. The third kappa shape index (κ3) is 3.26. The van der Waals surface area contributed by atoms with Crippen molar-refractivity contribution in [2.24, 2.45) is 0 Å². The molecule has 0 amide bonds. The minimum Gasteiger partial charge on any atom is -0.455 e. The third-order valence-corrected chi connectivity index (χ3v) is 8.39. The molecule has 0 N–H and O–H groups in total. The molecule has 3 aromatic heterocycles. The highest BCUT2D eigenvalue weighted by atomic mass is 16.3. The molecule has 0 fully saturated rings. The van der Waals surface area contributed by atoms with Gasteiger partial charge in [0.2, 0.25) is 0 Å². The number of benzene rings is 6. The first kappa shape index (κ1) is 23.1. The molecular weight excluding hydrogens is 514 g/mol. The van der Waals surface area contributed by atoms with E-state index in [4.69, 9.17) is 9.40 Å². The van der Waals surface area contributed by atoms with Gasteiger partial charge in [-0.1, -0.05) is 72.8 Å². The summed E-state index contributed by atoms with van der Waals surface area (Å²) in [5.74, 6) is 0.938. The molecule has 0 saturated heterocycles. The molecule has 0 radical (unpaired) electrons. The van der Waals surface area contributed by atoms with Gasteiger partial charge in [0.15, 0.2) is 0 Å². The van der Waals surface area contributed by atoms with Gasteiger partial charge in [-0.3, -0.25) is 4.57 Å². The van der Waals surface area contributed by atoms with E-state index in [0.717, 1.165) is 72.2 Å². The Morgan fingerprint density at radius 3 is 2.10 bits per heavy atom. The molecule has 3 heterocycles. The lowest BCUT2D eigenvalue weighted by molar-refractivity contribution is 0.673. The highest BCUT2D eigenvalue weighted by Gasteiger charge is 2.19. The highest BCUT2D eigenvalue weighted by molar-refractivity contribution is 6.23. The van der Waals surface area contributed by atoms with Gasteiger partial charge in [-0.15, -0.1) is 0 Å². The lowest BCUT2D eigenvalue weighted by Crippen LogP contribution is -1.99. The number of hydrogen-bond acceptors (Lipinski definition) is 2. The van der Waals surface area contributed by atoms with E-state index < -0.39 is 0 Å². The number of hydrogen-bond donors (Lipinski definition) is 0. The van der Waals surface area contributed by atoms with Crippen LogP contribution < -0.4 is 0 Å². The largest absolute Gasteiger partial charge is 0.455 e. The van der Waals surface area contributed by atoms with Crippen LogP contribution in [-0.2, 0) is 0 Å². The van der Waals surface area contributed by atoms with E-state index in [1.807, 2.05) is 18.2 Å². The van der Waals surface area contributed by atoms with Gasteiger partial charge < -0.3 is 8.98 Å². The van der Waals surface area contributed by atoms with Crippen LogP contribution in [0.1, 0.15) is 5.56 Å². The molecule has 198 valence electrons. The van der Waals surface area contributed by atoms with Crippen molar-refractivity contribution in [2.75, 3.05) is 0 Å². The first-order chi connectivity index (χ1) is 20.7. The zero-order valence-corrected chi connectivity index (χ0v) is 23.0. The van der Waals surface area contributed by atoms with E-state index in [0.29, 0.717) is 0 Å². The lowest BCUT2D eigenvalue weighted by atomic mass is 10.1. The molecule has 0 saturated carbocycles. The van der Waals surface area contributed by atoms with Gasteiger partial charge in [0, 0.05) is 33.1 Å². The zero-order chi connectivity index (χ0) is 27.8. The molecule has 4 nitrogen and oxygen atoms in total. The van der Waals surface area contributed by atoms with E-state index in [9.17, 15) is 0 Å². The van der Waals surface area contributed by atoms with Crippen molar-refractivity contribution < 1.29 is 4.42 Å². The average Bonchev–Trinajstić information content (AvgIpc) is 3.71. The third-order valence-electron chi connectivity index (χ3n) is 8.39. The summed E-state index contributed by atoms with van der Waals surface area (Å²) >= 11 is 0. The Bertz CT molecular complexity index is 2460. The fourth-order valence-electron chi connectivity index (χ4n) is 6.49. The van der Waals surface area contributed by atoms with Crippen molar-refractivity contribution >= 4 is 54.8 Å². The van der Waals surface area contributed by atoms with Gasteiger partial charge in [0.05, 0.1) is 27.5 Å². The number of aryl methyl sites for hydroxylation is 1. The minimum absolute atomic E-state index is 0.915. The topological polar surface area (TPSA) is 35.9 Å². The Hall–Kier alpha value is -5.61. The maximum atomic E-state index is 6.47. The molecule has 9 aromatic rings. The van der Waals surface area contributed by atoms with E-state index in [1.54, 1.807) is 0 Å². The molecule has 9 rings (SSSR count). The van der Waals surface area contributed by atoms with Gasteiger partial charge in [0.25, 0.3) is 0 Å². The molecule has 6 aromatic carbocycles. The summed E-state index contributed by atoms with van der Waals surface area (Å²) in [7, 11) is 0. The molecule has 0 unspecified atom stereocenters. The van der Waals surface area contributed by atoms with Crippen LogP contribution in [-0.4, -0.2) is 14.1 Å². The highest BCUT2D eigenvalue weighted by Crippen LogP contribution is 2.40. The number of imidazole rings is 1. The second-order valence-electron chi connectivity index (χ2n) is 10.9. The molecule has 0 spiro atoms. The molecule has 0 aliphatic rings. The number of nitrogens with zero attached hydrogens (tertiary/aromatic N) is 3. The fourth-order valence-corrected chi connectivity index (χ4v) is 6.49. The average molecular weight is 540 g/mol. The Morgan fingerprint density at radius 1 is 0.548 bits per heavy atom. The summed E-state index contributed by atoms with van der Waals surface area (Å²) in [5.41, 5.74) is 10.7. The quantitative estimate of drug-likeness (QED) is 0.224. The Balaban J connectivity index is 1.27. The minimum atomic E-state index is 0.915. The summed E-state index contributed by atoms with van der Waals surface area (Å²) in [6.45, 7) is 2.13. The van der Waals surface area contributed by atoms with E-state index in [1.165, 1.54) is 10.9 Å². The fraction of sp³-hybridized carbons (Fsp3) is 0.0263. The SMILES string of the molecule is Cc1ccc2nc(-c3ccccc3)n(-c3ccc(-n4c5ccccc5c5c6oc7ccccc7c6ccc54)cc3)c2c1. The van der Waals surface area contributed by atoms with Crippen molar-refractivity contribution in [3.8, 4) is 22.8 Å². The van der Waals surface area contributed by atoms with Crippen LogP contribution in [0.25, 0.3) is 77.5 Å². The molecule has 0 aliphatic heterocycles. The molecular formula is C38H25N3O. The number of para-hydroxylation sites is 2. The van der Waals surface area contributed by atoms with Gasteiger partial charge in [0.1, 0.15) is 17.0 Å². The van der Waals surface area contributed by atoms with Crippen LogP contribution in [0, 0.1) is 6.92 Å². The van der Waals surface area contributed by atoms with E-state index in [-0.39, 0.29) is 0 Å². The molecule has 42 heavy (non-hydrogen) atoms. The summed E-state index contributed by atoms with van der Waals surface area (Å²) in [6, 6.07) is 47.0. The maximum Gasteiger partial charge on any atom is 0.145 e. The predicted molar refractivity (Wildman–Crippen MR) is 173 cm³/mol. The van der Waals surface area contributed by atoms with Crippen molar-refractivity contribution in [2.45, 2.75) is 6.92 Å².